The van der Waals surface area contributed by atoms with E-state index in [1.807, 2.05) is 24.4 Å². The number of amides is 1. The molecule has 1 amide bonds. The van der Waals surface area contributed by atoms with Crippen LogP contribution >= 0.6 is 11.3 Å². The Kier molecular flexibility index (Phi) is 4.20. The standard InChI is InChI=1S/C16H12F2N2O2S/c1-9(14-3-2-6-23-14)20-15(21)16-19-8-13(22-16)11-5-4-10(17)7-12(11)18/h2-9H,1H3,(H,20,21)/t9-/m1/s1. The lowest BCUT2D eigenvalue weighted by molar-refractivity contribution is 0.0906. The number of hydrogen-bond donors (Lipinski definition) is 1. The van der Waals surface area contributed by atoms with Gasteiger partial charge in [0.1, 0.15) is 11.6 Å². The number of nitrogens with zero attached hydrogens (tertiary/aromatic N) is 1. The maximum absolute atomic E-state index is 13.7. The molecule has 1 N–H and O–H groups in total. The minimum absolute atomic E-state index is 0.0456. The lowest BCUT2D eigenvalue weighted by Crippen LogP contribution is -2.26. The Hall–Kier alpha value is -2.54. The van der Waals surface area contributed by atoms with Crippen LogP contribution in [-0.4, -0.2) is 10.9 Å². The zero-order valence-corrected chi connectivity index (χ0v) is 12.9. The van der Waals surface area contributed by atoms with Crippen LogP contribution < -0.4 is 5.32 Å². The van der Waals surface area contributed by atoms with Crippen molar-refractivity contribution in [3.05, 3.63) is 64.3 Å². The van der Waals surface area contributed by atoms with Gasteiger partial charge in [-0.15, -0.1) is 11.3 Å². The summed E-state index contributed by atoms with van der Waals surface area (Å²) in [6.45, 7) is 1.84. The van der Waals surface area contributed by atoms with Crippen LogP contribution in [-0.2, 0) is 0 Å². The van der Waals surface area contributed by atoms with Gasteiger partial charge in [-0.2, -0.15) is 0 Å². The fourth-order valence-corrected chi connectivity index (χ4v) is 2.79. The van der Waals surface area contributed by atoms with Gasteiger partial charge in [0.15, 0.2) is 5.76 Å². The molecule has 0 aliphatic heterocycles. The van der Waals surface area contributed by atoms with Crippen molar-refractivity contribution >= 4 is 17.2 Å². The highest BCUT2D eigenvalue weighted by Gasteiger charge is 2.19. The van der Waals surface area contributed by atoms with E-state index in [1.165, 1.54) is 23.6 Å². The first-order chi connectivity index (χ1) is 11.0. The first-order valence-electron chi connectivity index (χ1n) is 6.80. The molecule has 0 bridgehead atoms. The van der Waals surface area contributed by atoms with Crippen LogP contribution in [0, 0.1) is 11.6 Å². The number of benzene rings is 1. The molecular formula is C16H12F2N2O2S. The van der Waals surface area contributed by atoms with Crippen LogP contribution in [0.3, 0.4) is 0 Å². The minimum atomic E-state index is -0.778. The van der Waals surface area contributed by atoms with Crippen molar-refractivity contribution in [2.75, 3.05) is 0 Å². The molecule has 4 nitrogen and oxygen atoms in total. The zero-order chi connectivity index (χ0) is 16.4. The van der Waals surface area contributed by atoms with Gasteiger partial charge in [0.25, 0.3) is 5.89 Å². The van der Waals surface area contributed by atoms with Crippen molar-refractivity contribution in [3.63, 3.8) is 0 Å². The van der Waals surface area contributed by atoms with E-state index in [-0.39, 0.29) is 23.3 Å². The summed E-state index contributed by atoms with van der Waals surface area (Å²) in [6.07, 6.45) is 1.24. The Morgan fingerprint density at radius 2 is 2.17 bits per heavy atom. The van der Waals surface area contributed by atoms with Gasteiger partial charge in [-0.05, 0) is 30.5 Å². The van der Waals surface area contributed by atoms with Gasteiger partial charge < -0.3 is 9.73 Å². The van der Waals surface area contributed by atoms with Crippen molar-refractivity contribution in [1.82, 2.24) is 10.3 Å². The molecule has 0 aliphatic carbocycles. The molecule has 1 aromatic carbocycles. The maximum atomic E-state index is 13.7. The summed E-state index contributed by atoms with van der Waals surface area (Å²) in [6, 6.07) is 6.70. The van der Waals surface area contributed by atoms with E-state index in [4.69, 9.17) is 4.42 Å². The van der Waals surface area contributed by atoms with E-state index in [0.717, 1.165) is 17.0 Å². The van der Waals surface area contributed by atoms with Crippen molar-refractivity contribution < 1.29 is 18.0 Å². The molecule has 0 radical (unpaired) electrons. The average molecular weight is 334 g/mol. The molecule has 0 saturated carbocycles. The fourth-order valence-electron chi connectivity index (χ4n) is 2.06. The predicted octanol–water partition coefficient (Wildman–Crippen LogP) is 4.17. The first kappa shape index (κ1) is 15.4. The van der Waals surface area contributed by atoms with Crippen molar-refractivity contribution in [1.29, 1.82) is 0 Å². The van der Waals surface area contributed by atoms with Gasteiger partial charge in [0.05, 0.1) is 17.8 Å². The maximum Gasteiger partial charge on any atom is 0.307 e. The lowest BCUT2D eigenvalue weighted by Gasteiger charge is -2.09. The normalized spacial score (nSPS) is 12.1. The number of halogens is 2. The van der Waals surface area contributed by atoms with Crippen LogP contribution in [0.25, 0.3) is 11.3 Å². The number of oxazole rings is 1. The van der Waals surface area contributed by atoms with E-state index < -0.39 is 17.5 Å². The Labute approximate surface area is 134 Å². The van der Waals surface area contributed by atoms with Crippen molar-refractivity contribution in [2.45, 2.75) is 13.0 Å². The molecule has 1 atom stereocenters. The summed E-state index contributed by atoms with van der Waals surface area (Å²) in [5.74, 6) is -2.07. The number of hydrogen-bond acceptors (Lipinski definition) is 4. The highest BCUT2D eigenvalue weighted by Crippen LogP contribution is 2.25. The molecule has 2 heterocycles. The van der Waals surface area contributed by atoms with E-state index in [0.29, 0.717) is 0 Å². The molecule has 0 aliphatic rings. The number of carbonyl (C=O) groups excluding carboxylic acids is 1. The van der Waals surface area contributed by atoms with E-state index in [2.05, 4.69) is 10.3 Å². The third kappa shape index (κ3) is 3.29. The second kappa shape index (κ2) is 6.29. The van der Waals surface area contributed by atoms with Gasteiger partial charge in [0, 0.05) is 10.9 Å². The summed E-state index contributed by atoms with van der Waals surface area (Å²) in [5, 5.41) is 4.66. The van der Waals surface area contributed by atoms with Gasteiger partial charge in [-0.1, -0.05) is 6.07 Å². The summed E-state index contributed by atoms with van der Waals surface area (Å²) < 4.78 is 31.9. The Bertz CT molecular complexity index is 830. The molecule has 118 valence electrons. The largest absolute Gasteiger partial charge is 0.432 e. The first-order valence-corrected chi connectivity index (χ1v) is 7.68. The minimum Gasteiger partial charge on any atom is -0.432 e. The van der Waals surface area contributed by atoms with Gasteiger partial charge >= 0.3 is 5.91 Å². The van der Waals surface area contributed by atoms with Crippen LogP contribution in [0.15, 0.2) is 46.3 Å². The fraction of sp³-hybridized carbons (Fsp3) is 0.125. The van der Waals surface area contributed by atoms with Gasteiger partial charge in [-0.3, -0.25) is 4.79 Å². The molecule has 3 rings (SSSR count). The molecule has 7 heteroatoms. The SMILES string of the molecule is C[C@@H](NC(=O)c1ncc(-c2ccc(F)cc2F)o1)c1cccs1. The second-order valence-corrected chi connectivity index (χ2v) is 5.84. The summed E-state index contributed by atoms with van der Waals surface area (Å²) >= 11 is 1.52. The smallest absolute Gasteiger partial charge is 0.307 e. The zero-order valence-electron chi connectivity index (χ0n) is 12.0. The highest BCUT2D eigenvalue weighted by atomic mass is 32.1. The van der Waals surface area contributed by atoms with Gasteiger partial charge in [-0.25, -0.2) is 13.8 Å². The van der Waals surface area contributed by atoms with Crippen LogP contribution in [0.5, 0.6) is 0 Å². The summed E-state index contributed by atoms with van der Waals surface area (Å²) in [7, 11) is 0. The lowest BCUT2D eigenvalue weighted by atomic mass is 10.2. The van der Waals surface area contributed by atoms with E-state index in [9.17, 15) is 13.6 Å². The molecule has 23 heavy (non-hydrogen) atoms. The molecule has 3 aromatic rings. The summed E-state index contributed by atoms with van der Waals surface area (Å²) in [5.41, 5.74) is 0.0456. The highest BCUT2D eigenvalue weighted by molar-refractivity contribution is 7.10. The number of aromatic nitrogens is 1. The van der Waals surface area contributed by atoms with Crippen LogP contribution in [0.2, 0.25) is 0 Å². The molecule has 2 aromatic heterocycles. The molecule has 0 unspecified atom stereocenters. The third-order valence-electron chi connectivity index (χ3n) is 3.21. The Morgan fingerprint density at radius 3 is 2.87 bits per heavy atom. The van der Waals surface area contributed by atoms with Crippen LogP contribution in [0.1, 0.15) is 28.5 Å². The topological polar surface area (TPSA) is 55.1 Å². The number of nitrogens with one attached hydrogen (secondary N) is 1. The molecule has 0 spiro atoms. The van der Waals surface area contributed by atoms with Crippen molar-refractivity contribution in [2.24, 2.45) is 0 Å². The average Bonchev–Trinajstić information content (AvgIpc) is 3.19. The molecular weight excluding hydrogens is 322 g/mol. The van der Waals surface area contributed by atoms with E-state index in [1.54, 1.807) is 0 Å². The van der Waals surface area contributed by atoms with Gasteiger partial charge in [0.2, 0.25) is 0 Å². The Morgan fingerprint density at radius 1 is 1.35 bits per heavy atom. The summed E-state index contributed by atoms with van der Waals surface area (Å²) in [4.78, 5) is 17.0. The molecule has 0 saturated heterocycles. The van der Waals surface area contributed by atoms with E-state index >= 15 is 0 Å². The molecule has 0 fully saturated rings. The quantitative estimate of drug-likeness (QED) is 0.779. The third-order valence-corrected chi connectivity index (χ3v) is 4.27. The number of rotatable bonds is 4. The second-order valence-electron chi connectivity index (χ2n) is 4.86. The van der Waals surface area contributed by atoms with Crippen molar-refractivity contribution in [3.8, 4) is 11.3 Å². The predicted molar refractivity (Wildman–Crippen MR) is 82.1 cm³/mol. The number of carbonyl (C=O) groups is 1. The number of thiophene rings is 1. The monoisotopic (exact) mass is 334 g/mol. The Balaban J connectivity index is 1.77. The van der Waals surface area contributed by atoms with Crippen LogP contribution in [0.4, 0.5) is 8.78 Å².